The van der Waals surface area contributed by atoms with Crippen molar-refractivity contribution in [3.8, 4) is 11.4 Å². The van der Waals surface area contributed by atoms with E-state index in [0.717, 1.165) is 28.9 Å². The molecule has 0 aromatic carbocycles. The Hall–Kier alpha value is -2.69. The van der Waals surface area contributed by atoms with Crippen LogP contribution < -0.4 is 4.90 Å². The van der Waals surface area contributed by atoms with Gasteiger partial charge in [0, 0.05) is 43.9 Å². The van der Waals surface area contributed by atoms with Crippen molar-refractivity contribution >= 4 is 17.5 Å². The van der Waals surface area contributed by atoms with Crippen LogP contribution in [0, 0.1) is 0 Å². The molecule has 20 heavy (non-hydrogen) atoms. The molecule has 0 aliphatic heterocycles. The maximum Gasteiger partial charge on any atom is 0.170 e. The van der Waals surface area contributed by atoms with Crippen molar-refractivity contribution in [2.45, 2.75) is 0 Å². The van der Waals surface area contributed by atoms with Gasteiger partial charge in [-0.2, -0.15) is 0 Å². The van der Waals surface area contributed by atoms with Crippen LogP contribution >= 0.6 is 0 Å². The summed E-state index contributed by atoms with van der Waals surface area (Å²) in [7, 11) is 3.93. The van der Waals surface area contributed by atoms with E-state index in [1.807, 2.05) is 53.9 Å². The average Bonchev–Trinajstić information content (AvgIpc) is 2.86. The van der Waals surface area contributed by atoms with E-state index in [0.29, 0.717) is 5.69 Å². The van der Waals surface area contributed by atoms with Gasteiger partial charge in [0.2, 0.25) is 0 Å². The van der Waals surface area contributed by atoms with Crippen molar-refractivity contribution in [1.29, 1.82) is 0 Å². The molecule has 3 aromatic rings. The van der Waals surface area contributed by atoms with E-state index in [1.165, 1.54) is 0 Å². The number of pyridine rings is 2. The van der Waals surface area contributed by atoms with Gasteiger partial charge in [-0.15, -0.1) is 0 Å². The second-order valence-electron chi connectivity index (χ2n) is 4.71. The Morgan fingerprint density at radius 2 is 1.95 bits per heavy atom. The molecule has 3 aromatic heterocycles. The highest BCUT2D eigenvalue weighted by molar-refractivity contribution is 5.87. The number of imidazole rings is 1. The van der Waals surface area contributed by atoms with Crippen molar-refractivity contribution in [2.24, 2.45) is 0 Å². The molecule has 0 unspecified atom stereocenters. The first-order chi connectivity index (χ1) is 9.70. The standard InChI is InChI=1S/C15H14N4O/c1-18(2)12-5-8-19-14(9-12)13(10-20)17-15(19)11-3-6-16-7-4-11/h3-10H,1-2H3. The van der Waals surface area contributed by atoms with Crippen LogP contribution in [0.15, 0.2) is 42.9 Å². The lowest BCUT2D eigenvalue weighted by Gasteiger charge is -2.12. The third-order valence-corrected chi connectivity index (χ3v) is 3.22. The van der Waals surface area contributed by atoms with Crippen LogP contribution in [0.4, 0.5) is 5.69 Å². The first kappa shape index (κ1) is 12.3. The molecule has 0 bridgehead atoms. The molecule has 0 aliphatic carbocycles. The van der Waals surface area contributed by atoms with E-state index >= 15 is 0 Å². The molecule has 0 spiro atoms. The second-order valence-corrected chi connectivity index (χ2v) is 4.71. The Bertz CT molecular complexity index is 762. The predicted octanol–water partition coefficient (Wildman–Crippen LogP) is 2.27. The van der Waals surface area contributed by atoms with Gasteiger partial charge < -0.3 is 4.90 Å². The van der Waals surface area contributed by atoms with E-state index in [4.69, 9.17) is 0 Å². The molecule has 0 N–H and O–H groups in total. The van der Waals surface area contributed by atoms with Crippen molar-refractivity contribution < 1.29 is 4.79 Å². The average molecular weight is 266 g/mol. The van der Waals surface area contributed by atoms with Gasteiger partial charge in [0.1, 0.15) is 11.5 Å². The first-order valence-corrected chi connectivity index (χ1v) is 6.25. The summed E-state index contributed by atoms with van der Waals surface area (Å²) in [5, 5.41) is 0. The van der Waals surface area contributed by atoms with Crippen LogP contribution in [0.1, 0.15) is 10.5 Å². The Morgan fingerprint density at radius 3 is 2.60 bits per heavy atom. The molecule has 0 saturated carbocycles. The summed E-state index contributed by atoms with van der Waals surface area (Å²) < 4.78 is 1.92. The number of rotatable bonds is 3. The number of carbonyl (C=O) groups is 1. The zero-order chi connectivity index (χ0) is 14.1. The minimum atomic E-state index is 0.445. The van der Waals surface area contributed by atoms with Crippen molar-refractivity contribution in [1.82, 2.24) is 14.4 Å². The van der Waals surface area contributed by atoms with Crippen LogP contribution in [-0.4, -0.2) is 34.8 Å². The van der Waals surface area contributed by atoms with Gasteiger partial charge in [0.15, 0.2) is 6.29 Å². The fraction of sp³-hybridized carbons (Fsp3) is 0.133. The van der Waals surface area contributed by atoms with Gasteiger partial charge in [-0.25, -0.2) is 4.98 Å². The quantitative estimate of drug-likeness (QED) is 0.682. The SMILES string of the molecule is CN(C)c1ccn2c(-c3ccncc3)nc(C=O)c2c1. The number of aromatic nitrogens is 3. The van der Waals surface area contributed by atoms with Crippen molar-refractivity contribution in [3.05, 3.63) is 48.5 Å². The fourth-order valence-electron chi connectivity index (χ4n) is 2.17. The number of hydrogen-bond donors (Lipinski definition) is 0. The molecule has 100 valence electrons. The molecule has 5 nitrogen and oxygen atoms in total. The summed E-state index contributed by atoms with van der Waals surface area (Å²) in [5.41, 5.74) is 3.21. The molecule has 0 atom stereocenters. The van der Waals surface area contributed by atoms with E-state index in [-0.39, 0.29) is 0 Å². The number of fused-ring (bicyclic) bond motifs is 1. The predicted molar refractivity (Wildman–Crippen MR) is 78.1 cm³/mol. The van der Waals surface area contributed by atoms with E-state index in [2.05, 4.69) is 9.97 Å². The molecule has 5 heteroatoms. The largest absolute Gasteiger partial charge is 0.378 e. The summed E-state index contributed by atoms with van der Waals surface area (Å²) >= 11 is 0. The zero-order valence-electron chi connectivity index (χ0n) is 11.3. The molecule has 0 radical (unpaired) electrons. The number of carbonyl (C=O) groups excluding carboxylic acids is 1. The molecule has 3 heterocycles. The lowest BCUT2D eigenvalue weighted by molar-refractivity contribution is 0.112. The molecule has 0 amide bonds. The molecule has 0 fully saturated rings. The van der Waals surface area contributed by atoms with Gasteiger partial charge in [-0.05, 0) is 24.3 Å². The summed E-state index contributed by atoms with van der Waals surface area (Å²) in [6.45, 7) is 0. The lowest BCUT2D eigenvalue weighted by Crippen LogP contribution is -2.08. The molecule has 0 saturated heterocycles. The Kier molecular flexibility index (Phi) is 2.95. The van der Waals surface area contributed by atoms with Gasteiger partial charge in [-0.1, -0.05) is 0 Å². The van der Waals surface area contributed by atoms with E-state index in [9.17, 15) is 4.79 Å². The summed E-state index contributed by atoms with van der Waals surface area (Å²) in [4.78, 5) is 21.7. The van der Waals surface area contributed by atoms with Crippen LogP contribution in [0.25, 0.3) is 16.9 Å². The normalized spacial score (nSPS) is 10.7. The number of aldehydes is 1. The molecule has 3 rings (SSSR count). The van der Waals surface area contributed by atoms with Crippen molar-refractivity contribution in [2.75, 3.05) is 19.0 Å². The third kappa shape index (κ3) is 1.93. The number of hydrogen-bond acceptors (Lipinski definition) is 4. The van der Waals surface area contributed by atoms with Crippen LogP contribution in [0.2, 0.25) is 0 Å². The van der Waals surface area contributed by atoms with Gasteiger partial charge in [0.05, 0.1) is 5.52 Å². The van der Waals surface area contributed by atoms with Crippen molar-refractivity contribution in [3.63, 3.8) is 0 Å². The molecular formula is C15H14N4O. The minimum Gasteiger partial charge on any atom is -0.378 e. The van der Waals surface area contributed by atoms with Gasteiger partial charge in [0.25, 0.3) is 0 Å². The Morgan fingerprint density at radius 1 is 1.20 bits per heavy atom. The fourth-order valence-corrected chi connectivity index (χ4v) is 2.17. The minimum absolute atomic E-state index is 0.445. The zero-order valence-corrected chi connectivity index (χ0v) is 11.3. The van der Waals surface area contributed by atoms with Gasteiger partial charge in [-0.3, -0.25) is 14.2 Å². The number of nitrogens with zero attached hydrogens (tertiary/aromatic N) is 4. The summed E-state index contributed by atoms with van der Waals surface area (Å²) in [6.07, 6.45) is 6.15. The van der Waals surface area contributed by atoms with E-state index in [1.54, 1.807) is 12.4 Å². The topological polar surface area (TPSA) is 50.5 Å². The van der Waals surface area contributed by atoms with Gasteiger partial charge >= 0.3 is 0 Å². The lowest BCUT2D eigenvalue weighted by atomic mass is 10.2. The highest BCUT2D eigenvalue weighted by Crippen LogP contribution is 2.24. The second kappa shape index (κ2) is 4.77. The maximum absolute atomic E-state index is 11.2. The molecule has 0 aliphatic rings. The molecular weight excluding hydrogens is 252 g/mol. The third-order valence-electron chi connectivity index (χ3n) is 3.22. The number of anilines is 1. The first-order valence-electron chi connectivity index (χ1n) is 6.25. The van der Waals surface area contributed by atoms with Crippen LogP contribution in [0.3, 0.4) is 0 Å². The monoisotopic (exact) mass is 266 g/mol. The highest BCUT2D eigenvalue weighted by atomic mass is 16.1. The highest BCUT2D eigenvalue weighted by Gasteiger charge is 2.12. The van der Waals surface area contributed by atoms with Crippen LogP contribution in [-0.2, 0) is 0 Å². The summed E-state index contributed by atoms with van der Waals surface area (Å²) in [6, 6.07) is 7.71. The Labute approximate surface area is 116 Å². The maximum atomic E-state index is 11.2. The summed E-state index contributed by atoms with van der Waals surface area (Å²) in [5.74, 6) is 0.745. The van der Waals surface area contributed by atoms with Crippen LogP contribution in [0.5, 0.6) is 0 Å². The Balaban J connectivity index is 2.28. The smallest absolute Gasteiger partial charge is 0.170 e. The van der Waals surface area contributed by atoms with E-state index < -0.39 is 0 Å².